The third-order valence-electron chi connectivity index (χ3n) is 3.11. The molecule has 1 aromatic heterocycles. The maximum atomic E-state index is 13.3. The molecule has 0 saturated carbocycles. The lowest BCUT2D eigenvalue weighted by Gasteiger charge is -2.17. The SMILES string of the molecule is C=Cn1cc(CNC(C)c2cc(F)ccc2OC)cn1. The molecular formula is C15H18FN3O. The Hall–Kier alpha value is -2.14. The molecule has 4 nitrogen and oxygen atoms in total. The molecule has 0 aliphatic rings. The summed E-state index contributed by atoms with van der Waals surface area (Å²) in [6.07, 6.45) is 5.28. The zero-order valence-electron chi connectivity index (χ0n) is 11.6. The van der Waals surface area contributed by atoms with E-state index < -0.39 is 0 Å². The van der Waals surface area contributed by atoms with Gasteiger partial charge in [-0.25, -0.2) is 9.07 Å². The predicted molar refractivity (Wildman–Crippen MR) is 76.8 cm³/mol. The fraction of sp³-hybridized carbons (Fsp3) is 0.267. The van der Waals surface area contributed by atoms with Crippen molar-refractivity contribution in [3.05, 3.63) is 54.1 Å². The predicted octanol–water partition coefficient (Wildman–Crippen LogP) is 2.98. The molecule has 0 bridgehead atoms. The minimum absolute atomic E-state index is 0.0345. The smallest absolute Gasteiger partial charge is 0.123 e. The molecule has 0 amide bonds. The number of nitrogens with zero attached hydrogens (tertiary/aromatic N) is 2. The van der Waals surface area contributed by atoms with Crippen LogP contribution in [-0.4, -0.2) is 16.9 Å². The zero-order chi connectivity index (χ0) is 14.5. The van der Waals surface area contributed by atoms with Crippen molar-refractivity contribution >= 4 is 6.20 Å². The molecule has 2 aromatic rings. The second kappa shape index (κ2) is 6.34. The summed E-state index contributed by atoms with van der Waals surface area (Å²) in [6, 6.07) is 4.48. The number of halogens is 1. The summed E-state index contributed by atoms with van der Waals surface area (Å²) in [4.78, 5) is 0. The lowest BCUT2D eigenvalue weighted by atomic mass is 10.1. The van der Waals surface area contributed by atoms with Gasteiger partial charge >= 0.3 is 0 Å². The molecule has 0 aliphatic carbocycles. The molecule has 0 saturated heterocycles. The van der Waals surface area contributed by atoms with Crippen LogP contribution in [0.1, 0.15) is 24.1 Å². The van der Waals surface area contributed by atoms with Crippen molar-refractivity contribution in [2.45, 2.75) is 19.5 Å². The third kappa shape index (κ3) is 3.24. The minimum Gasteiger partial charge on any atom is -0.496 e. The second-order valence-corrected chi connectivity index (χ2v) is 4.50. The summed E-state index contributed by atoms with van der Waals surface area (Å²) < 4.78 is 20.3. The molecular weight excluding hydrogens is 257 g/mol. The quantitative estimate of drug-likeness (QED) is 0.881. The number of methoxy groups -OCH3 is 1. The number of rotatable bonds is 6. The van der Waals surface area contributed by atoms with E-state index in [2.05, 4.69) is 17.0 Å². The molecule has 1 aromatic carbocycles. The largest absolute Gasteiger partial charge is 0.496 e. The van der Waals surface area contributed by atoms with E-state index in [1.54, 1.807) is 30.3 Å². The fourth-order valence-corrected chi connectivity index (χ4v) is 1.99. The highest BCUT2D eigenvalue weighted by molar-refractivity contribution is 5.36. The van der Waals surface area contributed by atoms with Gasteiger partial charge in [-0.05, 0) is 25.1 Å². The maximum Gasteiger partial charge on any atom is 0.123 e. The standard InChI is InChI=1S/C15H18FN3O/c1-4-19-10-12(9-18-19)8-17-11(2)14-7-13(16)5-6-15(14)20-3/h4-7,9-11,17H,1,8H2,2-3H3. The first-order valence-electron chi connectivity index (χ1n) is 6.36. The van der Waals surface area contributed by atoms with Crippen LogP contribution in [0.3, 0.4) is 0 Å². The number of nitrogens with one attached hydrogen (secondary N) is 1. The Labute approximate surface area is 117 Å². The molecule has 5 heteroatoms. The average molecular weight is 275 g/mol. The first-order chi connectivity index (χ1) is 9.63. The Balaban J connectivity index is 2.06. The van der Waals surface area contributed by atoms with E-state index in [1.807, 2.05) is 13.1 Å². The molecule has 0 fully saturated rings. The van der Waals surface area contributed by atoms with Gasteiger partial charge in [0.2, 0.25) is 0 Å². The molecule has 2 rings (SSSR count). The van der Waals surface area contributed by atoms with Gasteiger partial charge in [0.25, 0.3) is 0 Å². The Morgan fingerprint density at radius 1 is 1.55 bits per heavy atom. The summed E-state index contributed by atoms with van der Waals surface area (Å²) in [5.74, 6) is 0.405. The van der Waals surface area contributed by atoms with E-state index >= 15 is 0 Å². The molecule has 106 valence electrons. The van der Waals surface area contributed by atoms with Crippen molar-refractivity contribution in [2.24, 2.45) is 0 Å². The van der Waals surface area contributed by atoms with Crippen LogP contribution in [0.4, 0.5) is 4.39 Å². The van der Waals surface area contributed by atoms with Gasteiger partial charge in [0.05, 0.1) is 13.3 Å². The summed E-state index contributed by atoms with van der Waals surface area (Å²) in [7, 11) is 1.58. The molecule has 1 N–H and O–H groups in total. The monoisotopic (exact) mass is 275 g/mol. The lowest BCUT2D eigenvalue weighted by molar-refractivity contribution is 0.399. The minimum atomic E-state index is -0.270. The van der Waals surface area contributed by atoms with Gasteiger partial charge in [0.15, 0.2) is 0 Å². The van der Waals surface area contributed by atoms with Crippen molar-refractivity contribution in [3.63, 3.8) is 0 Å². The van der Waals surface area contributed by atoms with Crippen molar-refractivity contribution in [3.8, 4) is 5.75 Å². The van der Waals surface area contributed by atoms with Gasteiger partial charge < -0.3 is 10.1 Å². The fourth-order valence-electron chi connectivity index (χ4n) is 1.99. The van der Waals surface area contributed by atoms with E-state index in [-0.39, 0.29) is 11.9 Å². The average Bonchev–Trinajstić information content (AvgIpc) is 2.92. The molecule has 1 atom stereocenters. The topological polar surface area (TPSA) is 39.1 Å². The van der Waals surface area contributed by atoms with Crippen molar-refractivity contribution in [1.82, 2.24) is 15.1 Å². The third-order valence-corrected chi connectivity index (χ3v) is 3.11. The van der Waals surface area contributed by atoms with Crippen molar-refractivity contribution in [2.75, 3.05) is 7.11 Å². The number of ether oxygens (including phenoxy) is 1. The van der Waals surface area contributed by atoms with Crippen LogP contribution in [0.25, 0.3) is 6.20 Å². The van der Waals surface area contributed by atoms with E-state index in [0.717, 1.165) is 11.1 Å². The number of hydrogen-bond acceptors (Lipinski definition) is 3. The van der Waals surface area contributed by atoms with Gasteiger partial charge in [-0.2, -0.15) is 5.10 Å². The van der Waals surface area contributed by atoms with Gasteiger partial charge in [-0.1, -0.05) is 6.58 Å². The molecule has 1 unspecified atom stereocenters. The Kier molecular flexibility index (Phi) is 4.53. The highest BCUT2D eigenvalue weighted by Crippen LogP contribution is 2.25. The number of benzene rings is 1. The number of hydrogen-bond donors (Lipinski definition) is 1. The summed E-state index contributed by atoms with van der Waals surface area (Å²) in [5.41, 5.74) is 1.83. The van der Waals surface area contributed by atoms with Gasteiger partial charge in [-0.15, -0.1) is 0 Å². The Morgan fingerprint density at radius 2 is 2.35 bits per heavy atom. The van der Waals surface area contributed by atoms with Crippen LogP contribution in [-0.2, 0) is 6.54 Å². The highest BCUT2D eigenvalue weighted by atomic mass is 19.1. The van der Waals surface area contributed by atoms with Gasteiger partial charge in [0, 0.05) is 36.1 Å². The molecule has 0 aliphatic heterocycles. The normalized spacial score (nSPS) is 12.2. The van der Waals surface area contributed by atoms with Crippen LogP contribution in [0.5, 0.6) is 5.75 Å². The van der Waals surface area contributed by atoms with Crippen LogP contribution in [0.15, 0.2) is 37.2 Å². The number of aromatic nitrogens is 2. The maximum absolute atomic E-state index is 13.3. The van der Waals surface area contributed by atoms with Crippen molar-refractivity contribution in [1.29, 1.82) is 0 Å². The molecule has 0 radical (unpaired) electrons. The van der Waals surface area contributed by atoms with Gasteiger partial charge in [0.1, 0.15) is 11.6 Å². The Morgan fingerprint density at radius 3 is 3.00 bits per heavy atom. The summed E-state index contributed by atoms with van der Waals surface area (Å²) >= 11 is 0. The van der Waals surface area contributed by atoms with E-state index in [1.165, 1.54) is 12.1 Å². The lowest BCUT2D eigenvalue weighted by Crippen LogP contribution is -2.18. The van der Waals surface area contributed by atoms with E-state index in [9.17, 15) is 4.39 Å². The first kappa shape index (κ1) is 14.3. The van der Waals surface area contributed by atoms with Crippen LogP contribution >= 0.6 is 0 Å². The molecule has 0 spiro atoms. The molecule has 1 heterocycles. The van der Waals surface area contributed by atoms with Crippen molar-refractivity contribution < 1.29 is 9.13 Å². The van der Waals surface area contributed by atoms with E-state index in [4.69, 9.17) is 4.74 Å². The summed E-state index contributed by atoms with van der Waals surface area (Å²) in [5, 5.41) is 7.43. The van der Waals surface area contributed by atoms with E-state index in [0.29, 0.717) is 12.3 Å². The Bertz CT molecular complexity index is 595. The zero-order valence-corrected chi connectivity index (χ0v) is 11.6. The van der Waals surface area contributed by atoms with Crippen LogP contribution < -0.4 is 10.1 Å². The van der Waals surface area contributed by atoms with Crippen LogP contribution in [0.2, 0.25) is 0 Å². The first-order valence-corrected chi connectivity index (χ1v) is 6.36. The van der Waals surface area contributed by atoms with Gasteiger partial charge in [-0.3, -0.25) is 0 Å². The second-order valence-electron chi connectivity index (χ2n) is 4.50. The summed E-state index contributed by atoms with van der Waals surface area (Å²) in [6.45, 7) is 6.24. The highest BCUT2D eigenvalue weighted by Gasteiger charge is 2.12. The molecule has 20 heavy (non-hydrogen) atoms. The van der Waals surface area contributed by atoms with Crippen LogP contribution in [0, 0.1) is 5.82 Å².